The normalized spacial score (nSPS) is 11.0. The minimum atomic E-state index is -4.16. The lowest BCUT2D eigenvalue weighted by Gasteiger charge is -2.24. The first-order valence-corrected chi connectivity index (χ1v) is 52.6. The minimum Gasteiger partial charge on any atom is -0.497 e. The third-order valence-electron chi connectivity index (χ3n) is 21.4. The molecular formula is C107H104ClN13O21S5. The molecular weight excluding hydrogens is 2000 g/mol. The smallest absolute Gasteiger partial charge is 0.269 e. The van der Waals surface area contributed by atoms with Crippen molar-refractivity contribution >= 4 is 154 Å². The molecule has 15 aromatic rings. The number of nitro groups is 1. The number of pyridine rings is 2. The summed E-state index contributed by atoms with van der Waals surface area (Å²) in [6, 6.07) is 97.8. The van der Waals surface area contributed by atoms with Crippen molar-refractivity contribution in [2.45, 2.75) is 58.1 Å². The van der Waals surface area contributed by atoms with Crippen LogP contribution >= 0.6 is 11.6 Å². The topological polar surface area (TPSA) is 438 Å². The second-order valence-electron chi connectivity index (χ2n) is 31.5. The molecule has 0 bridgehead atoms. The molecule has 15 rings (SSSR count). The molecule has 2 heterocycles. The number of hydrogen-bond donors (Lipinski definition) is 5. The number of nitro benzene ring substituents is 1. The van der Waals surface area contributed by atoms with E-state index < -0.39 is 97.7 Å². The molecule has 2 aromatic heterocycles. The molecule has 13 aromatic carbocycles. The summed E-state index contributed by atoms with van der Waals surface area (Å²) in [5.74, 6) is -0.855. The van der Waals surface area contributed by atoms with E-state index in [2.05, 4.69) is 36.6 Å². The van der Waals surface area contributed by atoms with Crippen LogP contribution in [0.5, 0.6) is 23.0 Å². The van der Waals surface area contributed by atoms with Crippen LogP contribution in [0.1, 0.15) is 30.5 Å². The van der Waals surface area contributed by atoms with Gasteiger partial charge in [-0.3, -0.25) is 65.6 Å². The van der Waals surface area contributed by atoms with Crippen LogP contribution < -0.4 is 67.1 Å². The third kappa shape index (κ3) is 31.1. The monoisotopic (exact) mass is 2100 g/mol. The van der Waals surface area contributed by atoms with Crippen molar-refractivity contribution in [1.82, 2.24) is 9.97 Å². The first-order chi connectivity index (χ1) is 70.6. The second-order valence-corrected chi connectivity index (χ2v) is 41.2. The summed E-state index contributed by atoms with van der Waals surface area (Å²) < 4.78 is 159. The molecule has 0 atom stereocenters. The Labute approximate surface area is 858 Å². The number of sulfonamides is 5. The molecule has 5 N–H and O–H groups in total. The Kier molecular flexibility index (Phi) is 39.8. The average molecular weight is 2100 g/mol. The maximum Gasteiger partial charge on any atom is 0.269 e. The lowest BCUT2D eigenvalue weighted by Crippen LogP contribution is -2.38. The number of halogens is 1. The summed E-state index contributed by atoms with van der Waals surface area (Å²) in [6.45, 7) is 3.84. The Morgan fingerprint density at radius 1 is 0.313 bits per heavy atom. The lowest BCUT2D eigenvalue weighted by atomic mass is 10.1. The zero-order valence-corrected chi connectivity index (χ0v) is 85.3. The van der Waals surface area contributed by atoms with Gasteiger partial charge in [0.25, 0.3) is 55.8 Å². The number of aryl methyl sites for hydroxylation is 3. The van der Waals surface area contributed by atoms with Crippen LogP contribution in [0.25, 0.3) is 0 Å². The van der Waals surface area contributed by atoms with Crippen molar-refractivity contribution in [3.05, 3.63) is 421 Å². The molecule has 0 aliphatic heterocycles. The number of hydrogen-bond acceptors (Lipinski definition) is 23. The van der Waals surface area contributed by atoms with Gasteiger partial charge in [-0.25, -0.2) is 42.1 Å². The SMILES string of the molecule is CCc1ccc(OC)c(NC(=O)CN(c2ccc([N+](=O)[O-])cc2)S(=O)(=O)c2ccccc2)c1.CCc1ccc(S(=O)(=O)N(CC(=O)Nc2ccccc2)c2ccccc2)cc1.COc1ccc(N(CC(=O)Nc2cccc(Cl)c2)S(=O)(=O)c2ccc(OC)c(OC)c2)cc1.Cc1ccc(N(CC(=O)Nc2cccnc2)S(=O)(=O)c2ccccc2)cc1.O=C(CN(c1ccccc1)S(=O)(=O)c1ccccc1)Nc1cccnc1. The molecule has 0 aliphatic carbocycles. The summed E-state index contributed by atoms with van der Waals surface area (Å²) in [5.41, 5.74) is 6.98. The van der Waals surface area contributed by atoms with E-state index >= 15 is 0 Å². The standard InChI is InChI=1S/C23H23ClN2O6S.C23H23N3O6S.C22H22N2O3S.C20H19N3O3S.C19H17N3O3S/c1-30-19-9-7-18(8-10-19)26(15-23(27)25-17-6-4-5-16(24)13-17)33(28,29)20-11-12-21(31-2)22(14-20)32-3;1-3-17-9-14-22(32-2)21(15-17)24-23(27)16-25(18-10-12-19(13-11-18)26(28)29)33(30,31)20-7-5-4-6-8-20;1-2-18-13-15-21(16-14-18)28(26,27)24(20-11-7-4-8-12-20)17-22(25)23-19-9-5-3-6-10-19;1-16-9-11-18(12-10-16)23(27(25,26)19-7-3-2-4-8-19)15-20(24)22-17-6-5-13-21-14-17;23-19(21-16-8-7-13-20-14-16)15-22(17-9-3-1-4-10-17)26(24,25)18-11-5-2-6-12-18/h4-14H,15H2,1-3H3,(H,25,27);4-15H,3,16H2,1-2H3,(H,24,27);3-16H,2,17H2,1H3,(H,23,25);2-14H,15H2,1H3,(H,22,24);1-14H,15H2,(H,21,23). The summed E-state index contributed by atoms with van der Waals surface area (Å²) in [6.07, 6.45) is 7.74. The molecule has 0 spiro atoms. The van der Waals surface area contributed by atoms with E-state index in [1.54, 1.807) is 273 Å². The van der Waals surface area contributed by atoms with Crippen LogP contribution in [0.2, 0.25) is 5.02 Å². The number of benzene rings is 13. The van der Waals surface area contributed by atoms with Crippen molar-refractivity contribution in [3.63, 3.8) is 0 Å². The summed E-state index contributed by atoms with van der Waals surface area (Å²) >= 11 is 5.97. The van der Waals surface area contributed by atoms with Gasteiger partial charge >= 0.3 is 0 Å². The molecule has 147 heavy (non-hydrogen) atoms. The predicted octanol–water partition coefficient (Wildman–Crippen LogP) is 18.4. The third-order valence-corrected chi connectivity index (χ3v) is 30.6. The number of non-ortho nitro benzene ring substituents is 1. The number of methoxy groups -OCH3 is 4. The number of ether oxygens (including phenoxy) is 4. The molecule has 40 heteroatoms. The number of rotatable bonds is 37. The number of aromatic nitrogens is 2. The molecule has 0 radical (unpaired) electrons. The number of carbonyl (C=O) groups excluding carboxylic acids is 5. The van der Waals surface area contributed by atoms with Gasteiger partial charge in [0, 0.05) is 47.0 Å². The number of nitrogens with zero attached hydrogens (tertiary/aromatic N) is 8. The maximum absolute atomic E-state index is 13.6. The van der Waals surface area contributed by atoms with E-state index in [0.717, 1.165) is 51.1 Å². The highest BCUT2D eigenvalue weighted by molar-refractivity contribution is 7.94. The molecule has 0 aliphatic rings. The Morgan fingerprint density at radius 3 is 1.01 bits per heavy atom. The van der Waals surface area contributed by atoms with E-state index in [1.807, 2.05) is 45.0 Å². The van der Waals surface area contributed by atoms with Crippen molar-refractivity contribution in [2.24, 2.45) is 0 Å². The molecule has 0 saturated carbocycles. The van der Waals surface area contributed by atoms with E-state index in [0.29, 0.717) is 67.8 Å². The Balaban J connectivity index is 0.000000175. The largest absolute Gasteiger partial charge is 0.497 e. The maximum atomic E-state index is 13.6. The fourth-order valence-corrected chi connectivity index (χ4v) is 21.3. The van der Waals surface area contributed by atoms with Crippen LogP contribution in [0, 0.1) is 17.0 Å². The summed E-state index contributed by atoms with van der Waals surface area (Å²) in [4.78, 5) is 81.8. The van der Waals surface area contributed by atoms with Crippen molar-refractivity contribution < 1.29 is 89.9 Å². The molecule has 760 valence electrons. The fraction of sp³-hybridized carbons (Fsp3) is 0.131. The highest BCUT2D eigenvalue weighted by atomic mass is 35.5. The summed E-state index contributed by atoms with van der Waals surface area (Å²) in [7, 11) is -14.1. The highest BCUT2D eigenvalue weighted by Gasteiger charge is 2.34. The van der Waals surface area contributed by atoms with Gasteiger partial charge in [0.1, 0.15) is 44.2 Å². The number of nitrogens with one attached hydrogen (secondary N) is 5. The Morgan fingerprint density at radius 2 is 0.633 bits per heavy atom. The van der Waals surface area contributed by atoms with E-state index in [4.69, 9.17) is 30.5 Å². The average Bonchev–Trinajstić information content (AvgIpc) is 0.791. The lowest BCUT2D eigenvalue weighted by molar-refractivity contribution is -0.384. The van der Waals surface area contributed by atoms with Crippen molar-refractivity contribution in [1.29, 1.82) is 0 Å². The molecule has 34 nitrogen and oxygen atoms in total. The Hall–Kier alpha value is -16.9. The Bertz CT molecular complexity index is 7550. The number of amides is 5. The van der Waals surface area contributed by atoms with Crippen LogP contribution in [-0.4, -0.2) is 148 Å². The van der Waals surface area contributed by atoms with Gasteiger partial charge < -0.3 is 45.5 Å². The summed E-state index contributed by atoms with van der Waals surface area (Å²) in [5, 5.41) is 24.9. The van der Waals surface area contributed by atoms with E-state index in [1.165, 1.54) is 120 Å². The van der Waals surface area contributed by atoms with E-state index in [9.17, 15) is 76.2 Å². The number of anilines is 10. The molecule has 0 saturated heterocycles. The van der Waals surface area contributed by atoms with Crippen LogP contribution in [0.4, 0.5) is 62.6 Å². The number of carbonyl (C=O) groups is 5. The zero-order chi connectivity index (χ0) is 106. The van der Waals surface area contributed by atoms with Gasteiger partial charge in [0.15, 0.2) is 11.5 Å². The first kappa shape index (κ1) is 111. The first-order valence-electron chi connectivity index (χ1n) is 45.0. The molecule has 5 amide bonds. The van der Waals surface area contributed by atoms with Gasteiger partial charge in [-0.1, -0.05) is 177 Å². The van der Waals surface area contributed by atoms with Gasteiger partial charge in [0.05, 0.1) is 116 Å². The highest BCUT2D eigenvalue weighted by Crippen LogP contribution is 2.36. The van der Waals surface area contributed by atoms with Gasteiger partial charge in [0.2, 0.25) is 29.5 Å². The molecule has 0 fully saturated rings. The van der Waals surface area contributed by atoms with Crippen molar-refractivity contribution in [2.75, 3.05) is 109 Å². The predicted molar refractivity (Wildman–Crippen MR) is 569 cm³/mol. The quantitative estimate of drug-likeness (QED) is 0.0178. The zero-order valence-electron chi connectivity index (χ0n) is 80.5. The fourth-order valence-electron chi connectivity index (χ4n) is 13.9. The second kappa shape index (κ2) is 52.9. The van der Waals surface area contributed by atoms with Gasteiger partial charge in [-0.2, -0.15) is 0 Å². The van der Waals surface area contributed by atoms with Crippen LogP contribution in [0.15, 0.2) is 413 Å². The number of para-hydroxylation sites is 3. The van der Waals surface area contributed by atoms with Gasteiger partial charge in [-0.05, 0) is 231 Å². The van der Waals surface area contributed by atoms with Gasteiger partial charge in [-0.15, -0.1) is 0 Å². The molecule has 0 unspecified atom stereocenters. The van der Waals surface area contributed by atoms with Crippen LogP contribution in [-0.2, 0) is 86.9 Å². The van der Waals surface area contributed by atoms with Crippen molar-refractivity contribution in [3.8, 4) is 23.0 Å². The van der Waals surface area contributed by atoms with E-state index in [-0.39, 0.29) is 66.9 Å². The van der Waals surface area contributed by atoms with Crippen LogP contribution in [0.3, 0.4) is 0 Å². The minimum absolute atomic E-state index is 0.0123.